The number of likely N-dealkylation sites (tertiary alicyclic amines) is 1. The number of benzene rings is 1. The summed E-state index contributed by atoms with van der Waals surface area (Å²) in [5, 5.41) is 7.10. The molecule has 1 fully saturated rings. The van der Waals surface area contributed by atoms with Crippen LogP contribution in [0.5, 0.6) is 0 Å². The number of hydrogen-bond acceptors (Lipinski definition) is 5. The van der Waals surface area contributed by atoms with E-state index in [1.807, 2.05) is 69.0 Å². The Morgan fingerprint density at radius 1 is 1.14 bits per heavy atom. The number of nitrogens with one attached hydrogen (secondary N) is 2. The molecule has 1 aromatic carbocycles. The first-order valence-electron chi connectivity index (χ1n) is 12.6. The second kappa shape index (κ2) is 11.1. The maximum atomic E-state index is 13.4. The Kier molecular flexibility index (Phi) is 7.94. The molecule has 1 aliphatic rings. The van der Waals surface area contributed by atoms with Gasteiger partial charge in [-0.05, 0) is 56.9 Å². The number of piperidine rings is 1. The number of amides is 2. The van der Waals surface area contributed by atoms with Crippen LogP contribution in [0, 0.1) is 0 Å². The Bertz CT molecular complexity index is 1180. The molecule has 8 nitrogen and oxygen atoms in total. The predicted octanol–water partition coefficient (Wildman–Crippen LogP) is 3.79. The van der Waals surface area contributed by atoms with Crippen molar-refractivity contribution < 1.29 is 14.3 Å². The Hall–Kier alpha value is -3.39. The van der Waals surface area contributed by atoms with Crippen LogP contribution >= 0.6 is 0 Å². The van der Waals surface area contributed by atoms with Gasteiger partial charge in [0.25, 0.3) is 0 Å². The number of alkyl carbamates (subject to hydrolysis) is 1. The molecule has 3 heterocycles. The number of fused-ring (bicyclic) bond motifs is 1. The van der Waals surface area contributed by atoms with Crippen molar-refractivity contribution in [3.8, 4) is 0 Å². The highest BCUT2D eigenvalue weighted by Gasteiger charge is 2.28. The molecule has 2 amide bonds. The monoisotopic (exact) mass is 491 g/mol. The van der Waals surface area contributed by atoms with Gasteiger partial charge in [-0.25, -0.2) is 4.79 Å². The van der Waals surface area contributed by atoms with Crippen molar-refractivity contribution in [3.63, 3.8) is 0 Å². The molecule has 2 aromatic heterocycles. The maximum absolute atomic E-state index is 13.4. The van der Waals surface area contributed by atoms with Gasteiger partial charge in [-0.2, -0.15) is 0 Å². The van der Waals surface area contributed by atoms with Crippen molar-refractivity contribution in [1.82, 2.24) is 25.1 Å². The Morgan fingerprint density at radius 2 is 1.89 bits per heavy atom. The van der Waals surface area contributed by atoms with Gasteiger partial charge in [-0.15, -0.1) is 0 Å². The summed E-state index contributed by atoms with van der Waals surface area (Å²) in [6, 6.07) is 11.4. The first-order chi connectivity index (χ1) is 17.2. The molecule has 0 bridgehead atoms. The summed E-state index contributed by atoms with van der Waals surface area (Å²) < 4.78 is 7.51. The fourth-order valence-corrected chi connectivity index (χ4v) is 4.75. The molecular formula is C28H37N5O3. The average Bonchev–Trinajstić information content (AvgIpc) is 3.15. The molecule has 192 valence electrons. The van der Waals surface area contributed by atoms with Gasteiger partial charge in [0, 0.05) is 68.6 Å². The summed E-state index contributed by atoms with van der Waals surface area (Å²) in [6.07, 6.45) is 7.22. The van der Waals surface area contributed by atoms with E-state index in [2.05, 4.69) is 32.7 Å². The summed E-state index contributed by atoms with van der Waals surface area (Å²) in [5.41, 5.74) is 2.64. The topological polar surface area (TPSA) is 88.5 Å². The van der Waals surface area contributed by atoms with Gasteiger partial charge in [0.15, 0.2) is 0 Å². The van der Waals surface area contributed by atoms with Crippen LogP contribution in [0.25, 0.3) is 10.9 Å². The minimum absolute atomic E-state index is 0.0677. The van der Waals surface area contributed by atoms with E-state index in [-0.39, 0.29) is 11.9 Å². The van der Waals surface area contributed by atoms with Crippen LogP contribution in [0.2, 0.25) is 0 Å². The number of nitrogens with zero attached hydrogens (tertiary/aromatic N) is 3. The molecule has 0 unspecified atom stereocenters. The molecule has 0 radical (unpaired) electrons. The summed E-state index contributed by atoms with van der Waals surface area (Å²) in [7, 11) is 1.99. The van der Waals surface area contributed by atoms with Gasteiger partial charge in [0.2, 0.25) is 5.91 Å². The van der Waals surface area contributed by atoms with Crippen LogP contribution in [0.15, 0.2) is 55.0 Å². The van der Waals surface area contributed by atoms with Gasteiger partial charge >= 0.3 is 6.09 Å². The molecule has 1 saturated heterocycles. The van der Waals surface area contributed by atoms with E-state index in [1.165, 1.54) is 5.56 Å². The molecule has 8 heteroatoms. The lowest BCUT2D eigenvalue weighted by Gasteiger charge is -2.33. The van der Waals surface area contributed by atoms with Gasteiger partial charge in [0.1, 0.15) is 11.6 Å². The molecule has 0 saturated carbocycles. The molecule has 2 N–H and O–H groups in total. The van der Waals surface area contributed by atoms with Crippen LogP contribution in [0.4, 0.5) is 4.79 Å². The largest absolute Gasteiger partial charge is 0.444 e. The number of rotatable bonds is 7. The number of aryl methyl sites for hydroxylation is 1. The zero-order valence-corrected chi connectivity index (χ0v) is 21.7. The summed E-state index contributed by atoms with van der Waals surface area (Å²) >= 11 is 0. The number of hydrogen-bond donors (Lipinski definition) is 2. The Morgan fingerprint density at radius 3 is 2.58 bits per heavy atom. The Labute approximate surface area is 213 Å². The van der Waals surface area contributed by atoms with Crippen LogP contribution in [-0.2, 0) is 29.5 Å². The minimum Gasteiger partial charge on any atom is -0.444 e. The van der Waals surface area contributed by atoms with Crippen LogP contribution in [0.3, 0.4) is 0 Å². The first-order valence-corrected chi connectivity index (χ1v) is 12.6. The van der Waals surface area contributed by atoms with Gasteiger partial charge in [0.05, 0.1) is 0 Å². The third-order valence-electron chi connectivity index (χ3n) is 6.47. The van der Waals surface area contributed by atoms with E-state index in [0.717, 1.165) is 48.9 Å². The second-order valence-corrected chi connectivity index (χ2v) is 10.6. The van der Waals surface area contributed by atoms with Gasteiger partial charge in [-0.3, -0.25) is 14.7 Å². The highest BCUT2D eigenvalue weighted by atomic mass is 16.6. The van der Waals surface area contributed by atoms with E-state index >= 15 is 0 Å². The van der Waals surface area contributed by atoms with Crippen molar-refractivity contribution in [1.29, 1.82) is 0 Å². The van der Waals surface area contributed by atoms with Crippen LogP contribution < -0.4 is 10.6 Å². The van der Waals surface area contributed by atoms with E-state index < -0.39 is 17.7 Å². The second-order valence-electron chi connectivity index (χ2n) is 10.6. The standard InChI is InChI=1S/C28H37N5O3/c1-28(2,3)36-27(35)31-24(16-21-19-32(4)25-10-6-5-9-23(21)25)26(34)30-22-11-14-33(15-12-22)18-20-8-7-13-29-17-20/h5-10,13,17,19,22,24H,11-12,14-16,18H2,1-4H3,(H,30,34)(H,31,35)/t24-/m0/s1. The third kappa shape index (κ3) is 6.85. The fraction of sp³-hybridized carbons (Fsp3) is 0.464. The highest BCUT2D eigenvalue weighted by Crippen LogP contribution is 2.22. The van der Waals surface area contributed by atoms with Crippen molar-refractivity contribution in [2.75, 3.05) is 13.1 Å². The summed E-state index contributed by atoms with van der Waals surface area (Å²) in [6.45, 7) is 8.09. The number of pyridine rings is 1. The van der Waals surface area contributed by atoms with Crippen LogP contribution in [-0.4, -0.2) is 57.2 Å². The smallest absolute Gasteiger partial charge is 0.408 e. The maximum Gasteiger partial charge on any atom is 0.408 e. The third-order valence-corrected chi connectivity index (χ3v) is 6.47. The number of carbonyl (C=O) groups excluding carboxylic acids is 2. The average molecular weight is 492 g/mol. The molecule has 0 aliphatic carbocycles. The zero-order valence-electron chi connectivity index (χ0n) is 21.7. The van der Waals surface area contributed by atoms with E-state index in [4.69, 9.17) is 4.74 Å². The van der Waals surface area contributed by atoms with E-state index in [0.29, 0.717) is 6.42 Å². The summed E-state index contributed by atoms with van der Waals surface area (Å²) in [5.74, 6) is -0.181. The predicted molar refractivity (Wildman–Crippen MR) is 140 cm³/mol. The van der Waals surface area contributed by atoms with Crippen molar-refractivity contribution in [3.05, 3.63) is 66.1 Å². The quantitative estimate of drug-likeness (QED) is 0.525. The molecular weight excluding hydrogens is 454 g/mol. The SMILES string of the molecule is Cn1cc(C[C@H](NC(=O)OC(C)(C)C)C(=O)NC2CCN(Cc3cccnc3)CC2)c2ccccc21. The van der Waals surface area contributed by atoms with Gasteiger partial charge in [-0.1, -0.05) is 24.3 Å². The van der Waals surface area contributed by atoms with E-state index in [1.54, 1.807) is 6.20 Å². The molecule has 36 heavy (non-hydrogen) atoms. The highest BCUT2D eigenvalue weighted by molar-refractivity contribution is 5.88. The number of para-hydroxylation sites is 1. The van der Waals surface area contributed by atoms with Gasteiger partial charge < -0.3 is 19.9 Å². The van der Waals surface area contributed by atoms with Crippen molar-refractivity contribution in [2.24, 2.45) is 7.05 Å². The summed E-state index contributed by atoms with van der Waals surface area (Å²) in [4.78, 5) is 32.6. The lowest BCUT2D eigenvalue weighted by atomic mass is 10.0. The Balaban J connectivity index is 1.41. The van der Waals surface area contributed by atoms with Crippen molar-refractivity contribution in [2.45, 2.75) is 64.3 Å². The molecule has 1 aliphatic heterocycles. The lowest BCUT2D eigenvalue weighted by molar-refractivity contribution is -0.124. The normalized spacial score (nSPS) is 16.0. The molecule has 3 aromatic rings. The minimum atomic E-state index is -0.737. The molecule has 4 rings (SSSR count). The lowest BCUT2D eigenvalue weighted by Crippen LogP contribution is -2.53. The molecule has 1 atom stereocenters. The van der Waals surface area contributed by atoms with E-state index in [9.17, 15) is 9.59 Å². The number of ether oxygens (including phenoxy) is 1. The zero-order chi connectivity index (χ0) is 25.7. The number of aromatic nitrogens is 2. The van der Waals surface area contributed by atoms with Crippen molar-refractivity contribution >= 4 is 22.9 Å². The number of carbonyl (C=O) groups is 2. The first kappa shape index (κ1) is 25.7. The molecule has 0 spiro atoms. The van der Waals surface area contributed by atoms with Crippen LogP contribution in [0.1, 0.15) is 44.7 Å². The fourth-order valence-electron chi connectivity index (χ4n) is 4.75.